The molecule has 1 saturated heterocycles. The molecule has 26 heavy (non-hydrogen) atoms. The SMILES string of the molecule is CN=C(NC1CCCC(C(=O)N(C)C)C1)NC1C2CCCOC2C1(C)C. The Morgan fingerprint density at radius 2 is 1.92 bits per heavy atom. The Bertz CT molecular complexity index is 546. The molecule has 2 N–H and O–H groups in total. The number of ether oxygens (including phenoxy) is 1. The molecular formula is C20H36N4O2. The minimum absolute atomic E-state index is 0.124. The summed E-state index contributed by atoms with van der Waals surface area (Å²) in [7, 11) is 5.53. The number of carbonyl (C=O) groups excluding carboxylic acids is 1. The van der Waals surface area contributed by atoms with Crippen molar-refractivity contribution >= 4 is 11.9 Å². The van der Waals surface area contributed by atoms with Gasteiger partial charge in [0, 0.05) is 57.1 Å². The Morgan fingerprint density at radius 1 is 1.15 bits per heavy atom. The van der Waals surface area contributed by atoms with Crippen LogP contribution >= 0.6 is 0 Å². The molecule has 0 aromatic rings. The van der Waals surface area contributed by atoms with Crippen LogP contribution < -0.4 is 10.6 Å². The maximum absolute atomic E-state index is 12.3. The molecule has 0 spiro atoms. The lowest BCUT2D eigenvalue weighted by Gasteiger charge is -2.60. The highest BCUT2D eigenvalue weighted by atomic mass is 16.5. The molecule has 2 saturated carbocycles. The fourth-order valence-corrected chi connectivity index (χ4v) is 5.24. The third-order valence-corrected chi connectivity index (χ3v) is 6.65. The van der Waals surface area contributed by atoms with Crippen molar-refractivity contribution in [3.8, 4) is 0 Å². The Balaban J connectivity index is 1.57. The third kappa shape index (κ3) is 3.71. The number of carbonyl (C=O) groups is 1. The predicted octanol–water partition coefficient (Wildman–Crippen LogP) is 2.00. The van der Waals surface area contributed by atoms with Gasteiger partial charge in [0.15, 0.2) is 5.96 Å². The first-order chi connectivity index (χ1) is 12.3. The lowest BCUT2D eigenvalue weighted by molar-refractivity contribution is -0.188. The van der Waals surface area contributed by atoms with Gasteiger partial charge in [-0.25, -0.2) is 0 Å². The summed E-state index contributed by atoms with van der Waals surface area (Å²) in [6.45, 7) is 5.47. The summed E-state index contributed by atoms with van der Waals surface area (Å²) >= 11 is 0. The average molecular weight is 365 g/mol. The van der Waals surface area contributed by atoms with Gasteiger partial charge in [0.1, 0.15) is 0 Å². The predicted molar refractivity (Wildman–Crippen MR) is 104 cm³/mol. The minimum Gasteiger partial charge on any atom is -0.377 e. The van der Waals surface area contributed by atoms with E-state index in [0.29, 0.717) is 24.1 Å². The van der Waals surface area contributed by atoms with Gasteiger partial charge < -0.3 is 20.3 Å². The zero-order valence-corrected chi connectivity index (χ0v) is 17.0. The largest absolute Gasteiger partial charge is 0.377 e. The van der Waals surface area contributed by atoms with Gasteiger partial charge in [-0.15, -0.1) is 0 Å². The Morgan fingerprint density at radius 3 is 2.62 bits per heavy atom. The molecule has 1 aliphatic heterocycles. The van der Waals surface area contributed by atoms with Crippen LogP contribution in [0.3, 0.4) is 0 Å². The van der Waals surface area contributed by atoms with Gasteiger partial charge in [-0.05, 0) is 32.1 Å². The van der Waals surface area contributed by atoms with Crippen LogP contribution in [0.5, 0.6) is 0 Å². The first kappa shape index (κ1) is 19.5. The summed E-state index contributed by atoms with van der Waals surface area (Å²) in [4.78, 5) is 18.5. The Labute approximate surface area is 158 Å². The van der Waals surface area contributed by atoms with E-state index in [0.717, 1.165) is 44.7 Å². The topological polar surface area (TPSA) is 66.0 Å². The van der Waals surface area contributed by atoms with E-state index in [9.17, 15) is 4.79 Å². The van der Waals surface area contributed by atoms with Crippen LogP contribution in [-0.2, 0) is 9.53 Å². The van der Waals surface area contributed by atoms with Crippen LogP contribution in [0, 0.1) is 17.3 Å². The number of nitrogens with zero attached hydrogens (tertiary/aromatic N) is 2. The number of rotatable bonds is 3. The number of hydrogen-bond donors (Lipinski definition) is 2. The molecule has 0 radical (unpaired) electrons. The summed E-state index contributed by atoms with van der Waals surface area (Å²) in [6.07, 6.45) is 6.82. The normalized spacial score (nSPS) is 36.5. The van der Waals surface area contributed by atoms with Crippen molar-refractivity contribution < 1.29 is 9.53 Å². The molecule has 0 bridgehead atoms. The smallest absolute Gasteiger partial charge is 0.225 e. The summed E-state index contributed by atoms with van der Waals surface area (Å²) in [6, 6.07) is 0.701. The number of aliphatic imine (C=N–C) groups is 1. The van der Waals surface area contributed by atoms with E-state index in [1.807, 2.05) is 21.1 Å². The van der Waals surface area contributed by atoms with Gasteiger partial charge in [-0.1, -0.05) is 20.3 Å². The maximum Gasteiger partial charge on any atom is 0.225 e. The van der Waals surface area contributed by atoms with Crippen molar-refractivity contribution in [2.24, 2.45) is 22.2 Å². The Hall–Kier alpha value is -1.30. The molecule has 3 aliphatic rings. The summed E-state index contributed by atoms with van der Waals surface area (Å²) in [5.74, 6) is 1.83. The molecule has 6 heteroatoms. The quantitative estimate of drug-likeness (QED) is 0.594. The fourth-order valence-electron chi connectivity index (χ4n) is 5.24. The van der Waals surface area contributed by atoms with Crippen molar-refractivity contribution in [2.75, 3.05) is 27.7 Å². The number of hydrogen-bond acceptors (Lipinski definition) is 3. The van der Waals surface area contributed by atoms with E-state index < -0.39 is 0 Å². The van der Waals surface area contributed by atoms with Gasteiger partial charge in [0.25, 0.3) is 0 Å². The fraction of sp³-hybridized carbons (Fsp3) is 0.900. The van der Waals surface area contributed by atoms with Crippen LogP contribution in [0.4, 0.5) is 0 Å². The van der Waals surface area contributed by atoms with E-state index in [2.05, 4.69) is 29.5 Å². The zero-order chi connectivity index (χ0) is 18.9. The molecule has 1 heterocycles. The number of fused-ring (bicyclic) bond motifs is 1. The Kier molecular flexibility index (Phi) is 5.80. The second-order valence-corrected chi connectivity index (χ2v) is 9.05. The van der Waals surface area contributed by atoms with Gasteiger partial charge in [-0.2, -0.15) is 0 Å². The highest BCUT2D eigenvalue weighted by Gasteiger charge is 2.58. The van der Waals surface area contributed by atoms with Gasteiger partial charge in [0.05, 0.1) is 6.10 Å². The average Bonchev–Trinajstić information content (AvgIpc) is 2.64. The third-order valence-electron chi connectivity index (χ3n) is 6.65. The lowest BCUT2D eigenvalue weighted by atomic mass is 9.55. The van der Waals surface area contributed by atoms with Crippen molar-refractivity contribution in [3.63, 3.8) is 0 Å². The summed E-state index contributed by atoms with van der Waals surface area (Å²) < 4.78 is 6.01. The molecule has 5 unspecified atom stereocenters. The van der Waals surface area contributed by atoms with Crippen LogP contribution in [-0.4, -0.2) is 62.7 Å². The van der Waals surface area contributed by atoms with Crippen LogP contribution in [0.25, 0.3) is 0 Å². The molecule has 0 aromatic carbocycles. The molecule has 5 atom stereocenters. The van der Waals surface area contributed by atoms with E-state index in [4.69, 9.17) is 4.74 Å². The van der Waals surface area contributed by atoms with Crippen LogP contribution in [0.15, 0.2) is 4.99 Å². The van der Waals surface area contributed by atoms with E-state index in [1.165, 1.54) is 6.42 Å². The van der Waals surface area contributed by atoms with Crippen molar-refractivity contribution in [1.82, 2.24) is 15.5 Å². The monoisotopic (exact) mass is 364 g/mol. The molecule has 2 aliphatic carbocycles. The first-order valence-corrected chi connectivity index (χ1v) is 10.2. The first-order valence-electron chi connectivity index (χ1n) is 10.2. The van der Waals surface area contributed by atoms with Crippen molar-refractivity contribution in [1.29, 1.82) is 0 Å². The van der Waals surface area contributed by atoms with Crippen molar-refractivity contribution in [3.05, 3.63) is 0 Å². The van der Waals surface area contributed by atoms with Gasteiger partial charge >= 0.3 is 0 Å². The van der Waals surface area contributed by atoms with Crippen molar-refractivity contribution in [2.45, 2.75) is 70.6 Å². The molecule has 0 aromatic heterocycles. The van der Waals surface area contributed by atoms with E-state index >= 15 is 0 Å². The molecule has 148 valence electrons. The van der Waals surface area contributed by atoms with Crippen LogP contribution in [0.2, 0.25) is 0 Å². The standard InChI is InChI=1S/C20H36N4O2/c1-20(2)16(15-10-7-11-26-17(15)20)23-19(21-3)22-14-9-6-8-13(12-14)18(25)24(4)5/h13-17H,6-12H2,1-5H3,(H2,21,22,23). The maximum atomic E-state index is 12.3. The minimum atomic E-state index is 0.124. The highest BCUT2D eigenvalue weighted by molar-refractivity contribution is 5.81. The second-order valence-electron chi connectivity index (χ2n) is 9.05. The number of amides is 1. The molecular weight excluding hydrogens is 328 g/mol. The summed E-state index contributed by atoms with van der Waals surface area (Å²) in [5, 5.41) is 7.26. The molecule has 1 amide bonds. The second kappa shape index (κ2) is 7.75. The molecule has 3 rings (SSSR count). The van der Waals surface area contributed by atoms with Gasteiger partial charge in [0.2, 0.25) is 5.91 Å². The molecule has 3 fully saturated rings. The van der Waals surface area contributed by atoms with Gasteiger partial charge in [-0.3, -0.25) is 9.79 Å². The highest BCUT2D eigenvalue weighted by Crippen LogP contribution is 2.51. The lowest BCUT2D eigenvalue weighted by Crippen LogP contribution is -2.71. The van der Waals surface area contributed by atoms with Crippen LogP contribution in [0.1, 0.15) is 52.4 Å². The van der Waals surface area contributed by atoms with E-state index in [-0.39, 0.29) is 17.2 Å². The number of nitrogens with one attached hydrogen (secondary N) is 2. The molecule has 6 nitrogen and oxygen atoms in total. The summed E-state index contributed by atoms with van der Waals surface area (Å²) in [5.41, 5.74) is 0.124. The van der Waals surface area contributed by atoms with E-state index in [1.54, 1.807) is 4.90 Å². The number of guanidine groups is 1. The zero-order valence-electron chi connectivity index (χ0n) is 17.0.